The predicted molar refractivity (Wildman–Crippen MR) is 66.3 cm³/mol. The van der Waals surface area contributed by atoms with Gasteiger partial charge in [-0.2, -0.15) is 13.2 Å². The summed E-state index contributed by atoms with van der Waals surface area (Å²) >= 11 is 0. The maximum absolute atomic E-state index is 11.9. The smallest absolute Gasteiger partial charge is 0.384 e. The molecule has 0 saturated carbocycles. The van der Waals surface area contributed by atoms with E-state index in [1.165, 1.54) is 0 Å². The third-order valence-electron chi connectivity index (χ3n) is 3.00. The number of fused-ring (bicyclic) bond motifs is 1. The number of carbonyl (C=O) groups is 1. The van der Waals surface area contributed by atoms with E-state index in [1.807, 2.05) is 6.07 Å². The minimum Gasteiger partial charge on any atom is -0.384 e. The summed E-state index contributed by atoms with van der Waals surface area (Å²) in [6.45, 7) is 0.884. The summed E-state index contributed by atoms with van der Waals surface area (Å²) in [5.74, 6) is -0.335. The number of hydrogen-bond donors (Lipinski definition) is 2. The second-order valence-electron chi connectivity index (χ2n) is 4.52. The lowest BCUT2D eigenvalue weighted by molar-refractivity contribution is -0.135. The summed E-state index contributed by atoms with van der Waals surface area (Å²) < 4.78 is 35.8. The van der Waals surface area contributed by atoms with Crippen LogP contribution in [0.1, 0.15) is 28.8 Å². The molecule has 2 N–H and O–H groups in total. The molecule has 19 heavy (non-hydrogen) atoms. The summed E-state index contributed by atoms with van der Waals surface area (Å²) in [5.41, 5.74) is 2.57. The highest BCUT2D eigenvalue weighted by Crippen LogP contribution is 2.23. The molecule has 0 unspecified atom stereocenters. The highest BCUT2D eigenvalue weighted by atomic mass is 19.4. The Hall–Kier alpha value is -1.72. The first-order valence-electron chi connectivity index (χ1n) is 6.17. The van der Waals surface area contributed by atoms with E-state index in [1.54, 1.807) is 12.1 Å². The number of carbonyl (C=O) groups excluding carboxylic acids is 1. The van der Waals surface area contributed by atoms with Gasteiger partial charge in [0.25, 0.3) is 5.91 Å². The van der Waals surface area contributed by atoms with Crippen LogP contribution in [0.15, 0.2) is 18.2 Å². The first-order chi connectivity index (χ1) is 8.96. The minimum atomic E-state index is -4.16. The van der Waals surface area contributed by atoms with Crippen molar-refractivity contribution in [3.05, 3.63) is 29.3 Å². The molecule has 2 rings (SSSR count). The Bertz CT molecular complexity index is 471. The van der Waals surface area contributed by atoms with Gasteiger partial charge >= 0.3 is 6.18 Å². The zero-order chi connectivity index (χ0) is 13.9. The van der Waals surface area contributed by atoms with Gasteiger partial charge in [0.1, 0.15) is 0 Å². The normalized spacial score (nSPS) is 13.8. The molecule has 0 spiro atoms. The predicted octanol–water partition coefficient (Wildman–Crippen LogP) is 2.73. The van der Waals surface area contributed by atoms with Crippen molar-refractivity contribution in [3.8, 4) is 0 Å². The van der Waals surface area contributed by atoms with Crippen molar-refractivity contribution in [1.82, 2.24) is 5.32 Å². The van der Waals surface area contributed by atoms with Crippen molar-refractivity contribution in [1.29, 1.82) is 0 Å². The van der Waals surface area contributed by atoms with Gasteiger partial charge in [-0.1, -0.05) is 6.07 Å². The number of alkyl halides is 3. The van der Waals surface area contributed by atoms with Gasteiger partial charge in [-0.3, -0.25) is 4.79 Å². The van der Waals surface area contributed by atoms with Gasteiger partial charge < -0.3 is 10.6 Å². The fourth-order valence-electron chi connectivity index (χ4n) is 2.02. The Balaban J connectivity index is 1.83. The average molecular weight is 272 g/mol. The molecule has 104 valence electrons. The molecule has 3 nitrogen and oxygen atoms in total. The lowest BCUT2D eigenvalue weighted by atomic mass is 10.1. The van der Waals surface area contributed by atoms with E-state index in [0.717, 1.165) is 24.2 Å². The van der Waals surface area contributed by atoms with Gasteiger partial charge in [0.05, 0.1) is 0 Å². The number of amides is 1. The molecule has 0 bridgehead atoms. The molecule has 0 aliphatic carbocycles. The van der Waals surface area contributed by atoms with Gasteiger partial charge in [-0.05, 0) is 30.5 Å². The molecule has 1 aromatic rings. The van der Waals surface area contributed by atoms with E-state index in [2.05, 4.69) is 10.6 Å². The number of rotatable bonds is 4. The van der Waals surface area contributed by atoms with Gasteiger partial charge in [0, 0.05) is 30.8 Å². The largest absolute Gasteiger partial charge is 0.389 e. The fourth-order valence-corrected chi connectivity index (χ4v) is 2.02. The van der Waals surface area contributed by atoms with E-state index >= 15 is 0 Å². The Morgan fingerprint density at radius 2 is 2.16 bits per heavy atom. The van der Waals surface area contributed by atoms with E-state index in [9.17, 15) is 18.0 Å². The summed E-state index contributed by atoms with van der Waals surface area (Å²) in [7, 11) is 0. The molecule has 0 atom stereocenters. The summed E-state index contributed by atoms with van der Waals surface area (Å²) in [6.07, 6.45) is -4.21. The van der Waals surface area contributed by atoms with Gasteiger partial charge in [0.2, 0.25) is 0 Å². The van der Waals surface area contributed by atoms with Crippen LogP contribution in [0.2, 0.25) is 0 Å². The quantitative estimate of drug-likeness (QED) is 0.827. The summed E-state index contributed by atoms with van der Waals surface area (Å²) in [4.78, 5) is 11.7. The van der Waals surface area contributed by atoms with Crippen molar-refractivity contribution in [2.24, 2.45) is 0 Å². The summed E-state index contributed by atoms with van der Waals surface area (Å²) in [5, 5.41) is 5.65. The Morgan fingerprint density at radius 1 is 1.37 bits per heavy atom. The first kappa shape index (κ1) is 13.7. The number of anilines is 1. The van der Waals surface area contributed by atoms with Gasteiger partial charge in [-0.15, -0.1) is 0 Å². The topological polar surface area (TPSA) is 41.1 Å². The zero-order valence-corrected chi connectivity index (χ0v) is 10.3. The molecule has 0 saturated heterocycles. The molecule has 1 aromatic carbocycles. The van der Waals surface area contributed by atoms with Gasteiger partial charge in [-0.25, -0.2) is 0 Å². The Labute approximate surface area is 109 Å². The van der Waals surface area contributed by atoms with Crippen molar-refractivity contribution in [3.63, 3.8) is 0 Å². The molecule has 1 amide bonds. The lowest BCUT2D eigenvalue weighted by Crippen LogP contribution is -2.25. The van der Waals surface area contributed by atoms with E-state index < -0.39 is 12.6 Å². The van der Waals surface area contributed by atoms with Crippen LogP contribution in [-0.4, -0.2) is 25.2 Å². The number of halogens is 3. The van der Waals surface area contributed by atoms with E-state index in [-0.39, 0.29) is 18.9 Å². The summed E-state index contributed by atoms with van der Waals surface area (Å²) in [6, 6.07) is 5.31. The fraction of sp³-hybridized carbons (Fsp3) is 0.462. The molecule has 1 heterocycles. The van der Waals surface area contributed by atoms with Gasteiger partial charge in [0.15, 0.2) is 0 Å². The molecule has 6 heteroatoms. The third kappa shape index (κ3) is 3.87. The standard InChI is InChI=1S/C13H15F3N2O/c14-13(15,16)5-1-6-18-12(19)10-3-2-9-4-7-17-11(9)8-10/h2-3,8,17H,1,4-7H2,(H,18,19). The number of nitrogens with one attached hydrogen (secondary N) is 2. The van der Waals surface area contributed by atoms with Crippen molar-refractivity contribution >= 4 is 11.6 Å². The average Bonchev–Trinajstić information content (AvgIpc) is 2.80. The minimum absolute atomic E-state index is 0.0306. The highest BCUT2D eigenvalue weighted by Gasteiger charge is 2.26. The maximum Gasteiger partial charge on any atom is 0.389 e. The number of hydrogen-bond acceptors (Lipinski definition) is 2. The van der Waals surface area contributed by atoms with Crippen molar-refractivity contribution in [2.75, 3.05) is 18.4 Å². The molecule has 0 aromatic heterocycles. The Kier molecular flexibility index (Phi) is 3.97. The molecule has 0 radical (unpaired) electrons. The maximum atomic E-state index is 11.9. The number of benzene rings is 1. The van der Waals surface area contributed by atoms with Crippen LogP contribution in [0.5, 0.6) is 0 Å². The van der Waals surface area contributed by atoms with E-state index in [4.69, 9.17) is 0 Å². The van der Waals surface area contributed by atoms with Crippen LogP contribution in [0, 0.1) is 0 Å². The molecule has 1 aliphatic heterocycles. The molecule has 1 aliphatic rings. The second kappa shape index (κ2) is 5.50. The van der Waals surface area contributed by atoms with Crippen molar-refractivity contribution < 1.29 is 18.0 Å². The molecular weight excluding hydrogens is 257 g/mol. The first-order valence-corrected chi connectivity index (χ1v) is 6.17. The SMILES string of the molecule is O=C(NCCCC(F)(F)F)c1ccc2c(c1)NCC2. The van der Waals surface area contributed by atoms with Crippen LogP contribution in [0.3, 0.4) is 0 Å². The van der Waals surface area contributed by atoms with Crippen LogP contribution < -0.4 is 10.6 Å². The van der Waals surface area contributed by atoms with Crippen LogP contribution >= 0.6 is 0 Å². The third-order valence-corrected chi connectivity index (χ3v) is 3.00. The monoisotopic (exact) mass is 272 g/mol. The second-order valence-corrected chi connectivity index (χ2v) is 4.52. The lowest BCUT2D eigenvalue weighted by Gasteiger charge is -2.08. The Morgan fingerprint density at radius 3 is 2.89 bits per heavy atom. The zero-order valence-electron chi connectivity index (χ0n) is 10.3. The highest BCUT2D eigenvalue weighted by molar-refractivity contribution is 5.95. The van der Waals surface area contributed by atoms with Crippen LogP contribution in [0.4, 0.5) is 18.9 Å². The van der Waals surface area contributed by atoms with E-state index in [0.29, 0.717) is 5.56 Å². The molecule has 0 fully saturated rings. The molecular formula is C13H15F3N2O. The van der Waals surface area contributed by atoms with Crippen LogP contribution in [0.25, 0.3) is 0 Å². The van der Waals surface area contributed by atoms with Crippen LogP contribution in [-0.2, 0) is 6.42 Å². The van der Waals surface area contributed by atoms with Crippen molar-refractivity contribution in [2.45, 2.75) is 25.4 Å².